The molecule has 0 amide bonds. The second-order valence-corrected chi connectivity index (χ2v) is 3.46. The topological polar surface area (TPSA) is 38.9 Å². The van der Waals surface area contributed by atoms with E-state index in [1.807, 2.05) is 13.0 Å². The molecular formula is C10H11ClN2O. The van der Waals surface area contributed by atoms with Gasteiger partial charge in [-0.25, -0.2) is 4.98 Å². The Labute approximate surface area is 87.1 Å². The Morgan fingerprint density at radius 1 is 1.50 bits per heavy atom. The molecule has 0 atom stereocenters. The summed E-state index contributed by atoms with van der Waals surface area (Å²) in [6.45, 7) is 3.95. The highest BCUT2D eigenvalue weighted by Crippen LogP contribution is 2.20. The zero-order valence-electron chi connectivity index (χ0n) is 8.17. The third kappa shape index (κ3) is 1.38. The molecule has 0 radical (unpaired) electrons. The zero-order valence-corrected chi connectivity index (χ0v) is 8.93. The van der Waals surface area contributed by atoms with Crippen LogP contribution in [0.25, 0.3) is 11.1 Å². The lowest BCUT2D eigenvalue weighted by Crippen LogP contribution is -1.94. The van der Waals surface area contributed by atoms with Gasteiger partial charge >= 0.3 is 0 Å². The van der Waals surface area contributed by atoms with Gasteiger partial charge in [0.15, 0.2) is 5.58 Å². The fraction of sp³-hybridized carbons (Fsp3) is 0.400. The average molecular weight is 211 g/mol. The van der Waals surface area contributed by atoms with Crippen molar-refractivity contribution < 1.29 is 4.52 Å². The van der Waals surface area contributed by atoms with Gasteiger partial charge in [-0.2, -0.15) is 0 Å². The lowest BCUT2D eigenvalue weighted by Gasteiger charge is -2.02. The van der Waals surface area contributed by atoms with Gasteiger partial charge in [-0.1, -0.05) is 12.1 Å². The summed E-state index contributed by atoms with van der Waals surface area (Å²) in [6.07, 6.45) is 0.907. The van der Waals surface area contributed by atoms with E-state index in [1.54, 1.807) is 0 Å². The summed E-state index contributed by atoms with van der Waals surface area (Å²) in [5.74, 6) is 0.434. The summed E-state index contributed by atoms with van der Waals surface area (Å²) in [5, 5.41) is 3.87. The quantitative estimate of drug-likeness (QED) is 0.716. The van der Waals surface area contributed by atoms with Crippen LogP contribution in [0.3, 0.4) is 0 Å². The maximum atomic E-state index is 5.82. The van der Waals surface area contributed by atoms with Gasteiger partial charge in [0.05, 0.1) is 11.6 Å². The van der Waals surface area contributed by atoms with Crippen LogP contribution < -0.4 is 0 Å². The van der Waals surface area contributed by atoms with E-state index in [4.69, 9.17) is 16.1 Å². The third-order valence-corrected chi connectivity index (χ3v) is 2.54. The van der Waals surface area contributed by atoms with E-state index >= 15 is 0 Å². The molecule has 0 saturated heterocycles. The van der Waals surface area contributed by atoms with Crippen LogP contribution in [-0.2, 0) is 12.3 Å². The first kappa shape index (κ1) is 9.46. The van der Waals surface area contributed by atoms with E-state index in [0.29, 0.717) is 5.88 Å². The van der Waals surface area contributed by atoms with Crippen LogP contribution in [0.1, 0.15) is 23.9 Å². The van der Waals surface area contributed by atoms with Gasteiger partial charge in [0.1, 0.15) is 11.2 Å². The molecule has 14 heavy (non-hydrogen) atoms. The van der Waals surface area contributed by atoms with Crippen LogP contribution in [0.5, 0.6) is 0 Å². The van der Waals surface area contributed by atoms with E-state index in [9.17, 15) is 0 Å². The molecule has 0 saturated carbocycles. The summed E-state index contributed by atoms with van der Waals surface area (Å²) < 4.78 is 5.14. The fourth-order valence-corrected chi connectivity index (χ4v) is 1.71. The first-order chi connectivity index (χ1) is 6.76. The lowest BCUT2D eigenvalue weighted by molar-refractivity contribution is 0.450. The molecule has 0 aliphatic heterocycles. The fourth-order valence-electron chi connectivity index (χ4n) is 1.48. The van der Waals surface area contributed by atoms with Crippen molar-refractivity contribution in [3.8, 4) is 0 Å². The molecular weight excluding hydrogens is 200 g/mol. The molecule has 2 rings (SSSR count). The van der Waals surface area contributed by atoms with Crippen LogP contribution in [-0.4, -0.2) is 10.1 Å². The number of nitrogens with zero attached hydrogens (tertiary/aromatic N) is 2. The Balaban J connectivity index is 2.71. The Bertz CT molecular complexity index is 464. The molecule has 2 heterocycles. The molecule has 0 N–H and O–H groups in total. The Morgan fingerprint density at radius 3 is 2.93 bits per heavy atom. The van der Waals surface area contributed by atoms with E-state index < -0.39 is 0 Å². The first-order valence-electron chi connectivity index (χ1n) is 4.57. The molecule has 0 unspecified atom stereocenters. The number of pyridine rings is 1. The van der Waals surface area contributed by atoms with Crippen molar-refractivity contribution in [3.05, 3.63) is 23.0 Å². The van der Waals surface area contributed by atoms with E-state index in [1.165, 1.54) is 0 Å². The highest BCUT2D eigenvalue weighted by atomic mass is 35.5. The van der Waals surface area contributed by atoms with Gasteiger partial charge in [0.2, 0.25) is 0 Å². The molecule has 0 aliphatic carbocycles. The average Bonchev–Trinajstić information content (AvgIpc) is 2.58. The third-order valence-electron chi connectivity index (χ3n) is 2.29. The van der Waals surface area contributed by atoms with Gasteiger partial charge in [0.25, 0.3) is 0 Å². The summed E-state index contributed by atoms with van der Waals surface area (Å²) in [4.78, 5) is 4.44. The zero-order chi connectivity index (χ0) is 10.1. The standard InChI is InChI=1S/C10H11ClN2O/c1-3-7-4-9-10(6(2)13-14-9)12-8(7)5-11/h4H,3,5H2,1-2H3. The highest BCUT2D eigenvalue weighted by molar-refractivity contribution is 6.17. The second kappa shape index (κ2) is 3.58. The minimum absolute atomic E-state index is 0.434. The van der Waals surface area contributed by atoms with Crippen molar-refractivity contribution in [3.63, 3.8) is 0 Å². The largest absolute Gasteiger partial charge is 0.354 e. The molecule has 2 aromatic rings. The molecule has 0 aliphatic rings. The van der Waals surface area contributed by atoms with Gasteiger partial charge in [-0.15, -0.1) is 11.6 Å². The molecule has 0 aromatic carbocycles. The number of halogens is 1. The van der Waals surface area contributed by atoms with Crippen molar-refractivity contribution in [2.45, 2.75) is 26.1 Å². The van der Waals surface area contributed by atoms with E-state index in [-0.39, 0.29) is 0 Å². The Kier molecular flexibility index (Phi) is 2.42. The van der Waals surface area contributed by atoms with Crippen molar-refractivity contribution in [1.82, 2.24) is 10.1 Å². The summed E-state index contributed by atoms with van der Waals surface area (Å²) in [5.41, 5.74) is 4.43. The first-order valence-corrected chi connectivity index (χ1v) is 5.10. The van der Waals surface area contributed by atoms with Crippen LogP contribution in [0, 0.1) is 6.92 Å². The van der Waals surface area contributed by atoms with Crippen molar-refractivity contribution in [1.29, 1.82) is 0 Å². The van der Waals surface area contributed by atoms with Crippen molar-refractivity contribution in [2.24, 2.45) is 0 Å². The number of hydrogen-bond donors (Lipinski definition) is 0. The molecule has 0 bridgehead atoms. The number of hydrogen-bond acceptors (Lipinski definition) is 3. The predicted octanol–water partition coefficient (Wildman–Crippen LogP) is 2.83. The lowest BCUT2D eigenvalue weighted by atomic mass is 10.1. The smallest absolute Gasteiger partial charge is 0.185 e. The second-order valence-electron chi connectivity index (χ2n) is 3.20. The van der Waals surface area contributed by atoms with Gasteiger partial charge < -0.3 is 4.52 Å². The van der Waals surface area contributed by atoms with Crippen molar-refractivity contribution >= 4 is 22.7 Å². The van der Waals surface area contributed by atoms with Crippen molar-refractivity contribution in [2.75, 3.05) is 0 Å². The monoisotopic (exact) mass is 210 g/mol. The molecule has 0 spiro atoms. The number of fused-ring (bicyclic) bond motifs is 1. The molecule has 2 aromatic heterocycles. The Morgan fingerprint density at radius 2 is 2.29 bits per heavy atom. The normalized spacial score (nSPS) is 11.1. The minimum Gasteiger partial charge on any atom is -0.354 e. The summed E-state index contributed by atoms with van der Waals surface area (Å²) >= 11 is 5.82. The Hall–Kier alpha value is -1.09. The number of aryl methyl sites for hydroxylation is 2. The highest BCUT2D eigenvalue weighted by Gasteiger charge is 2.10. The van der Waals surface area contributed by atoms with E-state index in [0.717, 1.165) is 34.5 Å². The molecule has 74 valence electrons. The number of alkyl halides is 1. The maximum absolute atomic E-state index is 5.82. The maximum Gasteiger partial charge on any atom is 0.185 e. The summed E-state index contributed by atoms with van der Waals surface area (Å²) in [7, 11) is 0. The van der Waals surface area contributed by atoms with Gasteiger partial charge in [-0.05, 0) is 25.0 Å². The molecule has 0 fully saturated rings. The minimum atomic E-state index is 0.434. The summed E-state index contributed by atoms with van der Waals surface area (Å²) in [6, 6.07) is 1.97. The number of rotatable bonds is 2. The van der Waals surface area contributed by atoms with E-state index in [2.05, 4.69) is 17.1 Å². The SMILES string of the molecule is CCc1cc2onc(C)c2nc1CCl. The molecule has 3 nitrogen and oxygen atoms in total. The predicted molar refractivity (Wildman–Crippen MR) is 55.5 cm³/mol. The van der Waals surface area contributed by atoms with Crippen LogP contribution >= 0.6 is 11.6 Å². The van der Waals surface area contributed by atoms with Crippen LogP contribution in [0.15, 0.2) is 10.6 Å². The number of aromatic nitrogens is 2. The van der Waals surface area contributed by atoms with Gasteiger partial charge in [-0.3, -0.25) is 0 Å². The van der Waals surface area contributed by atoms with Crippen LogP contribution in [0.2, 0.25) is 0 Å². The molecule has 4 heteroatoms. The van der Waals surface area contributed by atoms with Crippen LogP contribution in [0.4, 0.5) is 0 Å². The van der Waals surface area contributed by atoms with Gasteiger partial charge in [0, 0.05) is 0 Å².